The van der Waals surface area contributed by atoms with Crippen LogP contribution in [0.15, 0.2) is 24.3 Å². The summed E-state index contributed by atoms with van der Waals surface area (Å²) < 4.78 is 0. The fourth-order valence-corrected chi connectivity index (χ4v) is 2.33. The lowest BCUT2D eigenvalue weighted by Gasteiger charge is -2.29. The van der Waals surface area contributed by atoms with E-state index < -0.39 is 0 Å². The monoisotopic (exact) mass is 319 g/mol. The third kappa shape index (κ3) is 6.02. The second-order valence-electron chi connectivity index (χ2n) is 7.03. The van der Waals surface area contributed by atoms with Crippen LogP contribution < -0.4 is 10.2 Å². The smallest absolute Gasteiger partial charge is 0.240 e. The molecule has 0 aliphatic heterocycles. The van der Waals surface area contributed by atoms with Gasteiger partial charge in [0.25, 0.3) is 0 Å². The van der Waals surface area contributed by atoms with Crippen molar-refractivity contribution in [2.45, 2.75) is 33.1 Å². The number of likely N-dealkylation sites (N-methyl/N-ethyl adjacent to an activating group) is 1. The lowest BCUT2D eigenvalue weighted by molar-refractivity contribution is -0.123. The van der Waals surface area contributed by atoms with Crippen LogP contribution in [0, 0.1) is 0 Å². The number of nitrogens with one attached hydrogen (secondary N) is 1. The van der Waals surface area contributed by atoms with E-state index in [1.165, 1.54) is 6.92 Å². The molecule has 1 aromatic rings. The van der Waals surface area contributed by atoms with Crippen molar-refractivity contribution in [1.82, 2.24) is 10.2 Å². The van der Waals surface area contributed by atoms with Gasteiger partial charge < -0.3 is 15.1 Å². The average molecular weight is 319 g/mol. The number of benzene rings is 1. The van der Waals surface area contributed by atoms with E-state index in [0.29, 0.717) is 6.54 Å². The molecule has 0 aliphatic carbocycles. The van der Waals surface area contributed by atoms with Gasteiger partial charge in [0.15, 0.2) is 0 Å². The zero-order chi connectivity index (χ0) is 17.6. The molecule has 5 heteroatoms. The Morgan fingerprint density at radius 3 is 2.26 bits per heavy atom. The SMILES string of the molecule is CC(=O)N(CC(=O)NCCN(C)C)c1ccccc1C(C)(C)C. The maximum Gasteiger partial charge on any atom is 0.240 e. The normalized spacial score (nSPS) is 11.4. The van der Waals surface area contributed by atoms with Crippen LogP contribution in [0.3, 0.4) is 0 Å². The van der Waals surface area contributed by atoms with Crippen LogP contribution in [-0.4, -0.2) is 50.4 Å². The summed E-state index contributed by atoms with van der Waals surface area (Å²) in [5.41, 5.74) is 1.75. The van der Waals surface area contributed by atoms with E-state index in [1.807, 2.05) is 43.3 Å². The molecule has 2 amide bonds. The van der Waals surface area contributed by atoms with Crippen molar-refractivity contribution >= 4 is 17.5 Å². The average Bonchev–Trinajstić information content (AvgIpc) is 2.43. The molecular weight excluding hydrogens is 290 g/mol. The zero-order valence-electron chi connectivity index (χ0n) is 15.1. The first-order valence-electron chi connectivity index (χ1n) is 7.92. The molecule has 0 heterocycles. The van der Waals surface area contributed by atoms with Gasteiger partial charge in [-0.2, -0.15) is 0 Å². The Bertz CT molecular complexity index is 547. The van der Waals surface area contributed by atoms with Crippen LogP contribution in [0.2, 0.25) is 0 Å². The molecule has 0 atom stereocenters. The number of nitrogens with zero attached hydrogens (tertiary/aromatic N) is 2. The Morgan fingerprint density at radius 2 is 1.74 bits per heavy atom. The van der Waals surface area contributed by atoms with Gasteiger partial charge in [-0.25, -0.2) is 0 Å². The van der Waals surface area contributed by atoms with Crippen LogP contribution in [-0.2, 0) is 15.0 Å². The molecule has 0 aromatic heterocycles. The van der Waals surface area contributed by atoms with Gasteiger partial charge in [0, 0.05) is 25.7 Å². The van der Waals surface area contributed by atoms with E-state index in [2.05, 4.69) is 26.1 Å². The molecule has 0 saturated carbocycles. The molecule has 0 unspecified atom stereocenters. The Morgan fingerprint density at radius 1 is 1.13 bits per heavy atom. The molecule has 128 valence electrons. The van der Waals surface area contributed by atoms with Crippen molar-refractivity contribution in [2.24, 2.45) is 0 Å². The second kappa shape index (κ2) is 8.11. The lowest BCUT2D eigenvalue weighted by atomic mass is 9.85. The van der Waals surface area contributed by atoms with Gasteiger partial charge in [0.05, 0.1) is 0 Å². The van der Waals surface area contributed by atoms with Crippen LogP contribution in [0.1, 0.15) is 33.3 Å². The third-order valence-corrected chi connectivity index (χ3v) is 3.57. The molecule has 0 radical (unpaired) electrons. The Balaban J connectivity index is 2.92. The second-order valence-corrected chi connectivity index (χ2v) is 7.03. The Hall–Kier alpha value is -1.88. The van der Waals surface area contributed by atoms with Gasteiger partial charge in [0.2, 0.25) is 11.8 Å². The molecule has 0 saturated heterocycles. The van der Waals surface area contributed by atoms with Crippen molar-refractivity contribution in [2.75, 3.05) is 38.6 Å². The lowest BCUT2D eigenvalue weighted by Crippen LogP contribution is -2.42. The minimum atomic E-state index is -0.147. The molecule has 0 fully saturated rings. The third-order valence-electron chi connectivity index (χ3n) is 3.57. The molecule has 0 bridgehead atoms. The topological polar surface area (TPSA) is 52.7 Å². The summed E-state index contributed by atoms with van der Waals surface area (Å²) in [6.07, 6.45) is 0. The predicted molar refractivity (Wildman–Crippen MR) is 94.7 cm³/mol. The minimum absolute atomic E-state index is 0.0376. The van der Waals surface area contributed by atoms with Crippen LogP contribution >= 0.6 is 0 Å². The summed E-state index contributed by atoms with van der Waals surface area (Å²) >= 11 is 0. The molecule has 1 N–H and O–H groups in total. The molecule has 5 nitrogen and oxygen atoms in total. The quantitative estimate of drug-likeness (QED) is 0.873. The van der Waals surface area contributed by atoms with Gasteiger partial charge in [0.1, 0.15) is 6.54 Å². The van der Waals surface area contributed by atoms with Gasteiger partial charge in [-0.15, -0.1) is 0 Å². The van der Waals surface area contributed by atoms with Gasteiger partial charge in [-0.1, -0.05) is 39.0 Å². The van der Waals surface area contributed by atoms with Crippen molar-refractivity contribution in [3.8, 4) is 0 Å². The summed E-state index contributed by atoms with van der Waals surface area (Å²) in [7, 11) is 3.90. The fourth-order valence-electron chi connectivity index (χ4n) is 2.33. The van der Waals surface area contributed by atoms with E-state index in [4.69, 9.17) is 0 Å². The predicted octanol–water partition coefficient (Wildman–Crippen LogP) is 2.01. The van der Waals surface area contributed by atoms with Crippen LogP contribution in [0.4, 0.5) is 5.69 Å². The number of rotatable bonds is 6. The van der Waals surface area contributed by atoms with E-state index in [1.54, 1.807) is 4.90 Å². The number of amides is 2. The summed E-state index contributed by atoms with van der Waals surface area (Å²) in [4.78, 5) is 27.8. The standard InChI is InChI=1S/C18H29N3O2/c1-14(22)21(13-17(23)19-11-12-20(5)6)16-10-8-7-9-15(16)18(2,3)4/h7-10H,11-13H2,1-6H3,(H,19,23). The largest absolute Gasteiger partial charge is 0.353 e. The minimum Gasteiger partial charge on any atom is -0.353 e. The van der Waals surface area contributed by atoms with Crippen molar-refractivity contribution < 1.29 is 9.59 Å². The number of carbonyl (C=O) groups excluding carboxylic acids is 2. The fraction of sp³-hybridized carbons (Fsp3) is 0.556. The summed E-state index contributed by atoms with van der Waals surface area (Å²) in [5.74, 6) is -0.282. The summed E-state index contributed by atoms with van der Waals surface area (Å²) in [5, 5.41) is 2.85. The number of para-hydroxylation sites is 1. The van der Waals surface area contributed by atoms with Crippen molar-refractivity contribution in [1.29, 1.82) is 0 Å². The molecule has 0 aliphatic rings. The van der Waals surface area contributed by atoms with Crippen molar-refractivity contribution in [3.05, 3.63) is 29.8 Å². The first-order valence-corrected chi connectivity index (χ1v) is 7.92. The molecule has 0 spiro atoms. The Labute approximate surface area is 139 Å². The number of anilines is 1. The number of hydrogen-bond acceptors (Lipinski definition) is 3. The first kappa shape index (κ1) is 19.2. The van der Waals surface area contributed by atoms with Gasteiger partial charge >= 0.3 is 0 Å². The molecule has 1 rings (SSSR count). The maximum absolute atomic E-state index is 12.2. The number of carbonyl (C=O) groups is 2. The maximum atomic E-state index is 12.2. The van der Waals surface area contributed by atoms with Gasteiger partial charge in [-0.05, 0) is 31.1 Å². The molecule has 1 aromatic carbocycles. The highest BCUT2D eigenvalue weighted by atomic mass is 16.2. The van der Waals surface area contributed by atoms with E-state index in [9.17, 15) is 9.59 Å². The number of hydrogen-bond donors (Lipinski definition) is 1. The molecule has 23 heavy (non-hydrogen) atoms. The highest BCUT2D eigenvalue weighted by molar-refractivity contribution is 5.98. The first-order chi connectivity index (χ1) is 10.6. The van der Waals surface area contributed by atoms with E-state index in [-0.39, 0.29) is 23.8 Å². The zero-order valence-corrected chi connectivity index (χ0v) is 15.1. The Kier molecular flexibility index (Phi) is 6.76. The highest BCUT2D eigenvalue weighted by Crippen LogP contribution is 2.31. The van der Waals surface area contributed by atoms with Crippen LogP contribution in [0.5, 0.6) is 0 Å². The van der Waals surface area contributed by atoms with Crippen molar-refractivity contribution in [3.63, 3.8) is 0 Å². The summed E-state index contributed by atoms with van der Waals surface area (Å²) in [6.45, 7) is 9.16. The molecular formula is C18H29N3O2. The van der Waals surface area contributed by atoms with E-state index in [0.717, 1.165) is 17.8 Å². The van der Waals surface area contributed by atoms with Gasteiger partial charge in [-0.3, -0.25) is 9.59 Å². The summed E-state index contributed by atoms with van der Waals surface area (Å²) in [6, 6.07) is 7.76. The van der Waals surface area contributed by atoms with E-state index >= 15 is 0 Å². The highest BCUT2D eigenvalue weighted by Gasteiger charge is 2.24. The van der Waals surface area contributed by atoms with Crippen LogP contribution in [0.25, 0.3) is 0 Å².